The lowest BCUT2D eigenvalue weighted by molar-refractivity contribution is -0.154. The number of hydrogen-bond donors (Lipinski definition) is 2. The van der Waals surface area contributed by atoms with Gasteiger partial charge in [-0.25, -0.2) is 4.57 Å². The fourth-order valence-electron chi connectivity index (χ4n) is 9.33. The summed E-state index contributed by atoms with van der Waals surface area (Å²) in [6, 6.07) is 0. The van der Waals surface area contributed by atoms with E-state index in [0.29, 0.717) is 13.0 Å². The minimum absolute atomic E-state index is 0.0876. The molecular formula is C57H115O7P. The number of phosphoric acid groups is 1. The van der Waals surface area contributed by atoms with Crippen LogP contribution < -0.4 is 0 Å². The third-order valence-corrected chi connectivity index (χ3v) is 14.1. The molecule has 0 saturated heterocycles. The van der Waals surface area contributed by atoms with Crippen LogP contribution >= 0.6 is 7.82 Å². The highest BCUT2D eigenvalue weighted by Crippen LogP contribution is 2.36. The van der Waals surface area contributed by atoms with Crippen LogP contribution in [-0.4, -0.2) is 41.7 Å². The minimum Gasteiger partial charge on any atom is -0.457 e. The van der Waals surface area contributed by atoms with E-state index in [-0.39, 0.29) is 19.2 Å². The number of esters is 1. The van der Waals surface area contributed by atoms with Gasteiger partial charge in [-0.3, -0.25) is 9.32 Å². The van der Waals surface area contributed by atoms with Crippen molar-refractivity contribution in [3.05, 3.63) is 0 Å². The van der Waals surface area contributed by atoms with Gasteiger partial charge in [0.15, 0.2) is 0 Å². The van der Waals surface area contributed by atoms with Gasteiger partial charge in [-0.15, -0.1) is 0 Å². The normalized spacial score (nSPS) is 12.4. The SMILES string of the molecule is CCCCCCCCCCCCCCCCCCCCCCCCCCCCCCCCCC(=O)O[C@H](COCCCCCCCCCCCCCCCCCCCC)COP(=O)(O)O. The molecule has 0 bridgehead atoms. The number of carbonyl (C=O) groups excluding carboxylic acids is 1. The van der Waals surface area contributed by atoms with E-state index in [4.69, 9.17) is 9.47 Å². The van der Waals surface area contributed by atoms with Crippen molar-refractivity contribution in [2.45, 2.75) is 341 Å². The molecule has 0 radical (unpaired) electrons. The second kappa shape index (κ2) is 54.5. The van der Waals surface area contributed by atoms with Crippen molar-refractivity contribution in [1.29, 1.82) is 0 Å². The topological polar surface area (TPSA) is 102 Å². The first-order valence-electron chi connectivity index (χ1n) is 29.4. The van der Waals surface area contributed by atoms with E-state index in [1.807, 2.05) is 0 Å². The summed E-state index contributed by atoms with van der Waals surface area (Å²) >= 11 is 0. The zero-order valence-electron chi connectivity index (χ0n) is 43.9. The number of ether oxygens (including phenoxy) is 2. The molecule has 1 atom stereocenters. The smallest absolute Gasteiger partial charge is 0.457 e. The summed E-state index contributed by atoms with van der Waals surface area (Å²) in [7, 11) is -4.66. The Kier molecular flexibility index (Phi) is 54.1. The van der Waals surface area contributed by atoms with Crippen LogP contribution in [-0.2, 0) is 23.4 Å². The molecule has 0 rings (SSSR count). The van der Waals surface area contributed by atoms with Crippen molar-refractivity contribution < 1.29 is 33.1 Å². The maximum absolute atomic E-state index is 12.5. The number of phosphoric ester groups is 1. The lowest BCUT2D eigenvalue weighted by Gasteiger charge is -2.18. The number of carbonyl (C=O) groups is 1. The maximum atomic E-state index is 12.5. The van der Waals surface area contributed by atoms with Crippen molar-refractivity contribution >= 4 is 13.8 Å². The van der Waals surface area contributed by atoms with Crippen LogP contribution in [0.5, 0.6) is 0 Å². The number of rotatable bonds is 57. The Morgan fingerprint density at radius 2 is 0.585 bits per heavy atom. The summed E-state index contributed by atoms with van der Waals surface area (Å²) in [5.41, 5.74) is 0. The van der Waals surface area contributed by atoms with E-state index in [1.54, 1.807) is 0 Å². The van der Waals surface area contributed by atoms with E-state index in [0.717, 1.165) is 32.1 Å². The predicted molar refractivity (Wildman–Crippen MR) is 281 cm³/mol. The molecule has 0 aliphatic heterocycles. The van der Waals surface area contributed by atoms with Gasteiger partial charge in [-0.1, -0.05) is 316 Å². The molecule has 0 saturated carbocycles. The van der Waals surface area contributed by atoms with Crippen molar-refractivity contribution in [1.82, 2.24) is 0 Å². The summed E-state index contributed by atoms with van der Waals surface area (Å²) in [4.78, 5) is 30.9. The fourth-order valence-corrected chi connectivity index (χ4v) is 9.69. The highest BCUT2D eigenvalue weighted by Gasteiger charge is 2.21. The molecular weight excluding hydrogens is 828 g/mol. The van der Waals surface area contributed by atoms with Crippen molar-refractivity contribution in [2.75, 3.05) is 19.8 Å². The number of hydrogen-bond acceptors (Lipinski definition) is 5. The largest absolute Gasteiger partial charge is 0.469 e. The van der Waals surface area contributed by atoms with Gasteiger partial charge < -0.3 is 19.3 Å². The van der Waals surface area contributed by atoms with Crippen LogP contribution in [0.25, 0.3) is 0 Å². The van der Waals surface area contributed by atoms with Gasteiger partial charge in [0.05, 0.1) is 13.2 Å². The lowest BCUT2D eigenvalue weighted by atomic mass is 10.0. The zero-order chi connectivity index (χ0) is 47.3. The Bertz CT molecular complexity index is 958. The highest BCUT2D eigenvalue weighted by molar-refractivity contribution is 7.46. The van der Waals surface area contributed by atoms with Gasteiger partial charge in [0.25, 0.3) is 0 Å². The van der Waals surface area contributed by atoms with Gasteiger partial charge in [0, 0.05) is 13.0 Å². The van der Waals surface area contributed by atoms with Crippen LogP contribution in [0.3, 0.4) is 0 Å². The second-order valence-corrected chi connectivity index (χ2v) is 21.6. The highest BCUT2D eigenvalue weighted by atomic mass is 31.2. The minimum atomic E-state index is -4.66. The van der Waals surface area contributed by atoms with Gasteiger partial charge >= 0.3 is 13.8 Å². The zero-order valence-corrected chi connectivity index (χ0v) is 44.8. The Balaban J connectivity index is 3.56. The second-order valence-electron chi connectivity index (χ2n) is 20.3. The van der Waals surface area contributed by atoms with Crippen molar-refractivity contribution in [3.63, 3.8) is 0 Å². The van der Waals surface area contributed by atoms with E-state index in [1.165, 1.54) is 283 Å². The predicted octanol–water partition coefficient (Wildman–Crippen LogP) is 19.6. The summed E-state index contributed by atoms with van der Waals surface area (Å²) in [6.45, 7) is 4.84. The molecule has 2 N–H and O–H groups in total. The van der Waals surface area contributed by atoms with E-state index in [9.17, 15) is 19.1 Å². The van der Waals surface area contributed by atoms with Crippen LogP contribution in [0.4, 0.5) is 0 Å². The summed E-state index contributed by atoms with van der Waals surface area (Å²) in [5.74, 6) is -0.350. The Hall–Kier alpha value is -0.460. The van der Waals surface area contributed by atoms with E-state index < -0.39 is 13.9 Å². The monoisotopic (exact) mass is 943 g/mol. The van der Waals surface area contributed by atoms with Crippen LogP contribution in [0.2, 0.25) is 0 Å². The molecule has 0 fully saturated rings. The van der Waals surface area contributed by atoms with Gasteiger partial charge in [0.2, 0.25) is 0 Å². The average Bonchev–Trinajstić information content (AvgIpc) is 3.29. The van der Waals surface area contributed by atoms with Gasteiger partial charge in [-0.2, -0.15) is 0 Å². The molecule has 390 valence electrons. The molecule has 0 aromatic heterocycles. The quantitative estimate of drug-likeness (QED) is 0.0356. The molecule has 0 amide bonds. The molecule has 0 aromatic rings. The number of unbranched alkanes of at least 4 members (excludes halogenated alkanes) is 47. The summed E-state index contributed by atoms with van der Waals surface area (Å²) < 4.78 is 27.2. The summed E-state index contributed by atoms with van der Waals surface area (Å²) in [5, 5.41) is 0. The molecule has 0 spiro atoms. The van der Waals surface area contributed by atoms with Crippen molar-refractivity contribution in [2.24, 2.45) is 0 Å². The Morgan fingerprint density at radius 3 is 0.831 bits per heavy atom. The molecule has 0 aliphatic rings. The Labute approximate surface area is 406 Å². The molecule has 0 unspecified atom stereocenters. The molecule has 0 aromatic carbocycles. The van der Waals surface area contributed by atoms with Crippen LogP contribution in [0, 0.1) is 0 Å². The lowest BCUT2D eigenvalue weighted by Crippen LogP contribution is -2.28. The third-order valence-electron chi connectivity index (χ3n) is 13.7. The molecule has 0 heterocycles. The first-order valence-corrected chi connectivity index (χ1v) is 30.9. The first-order chi connectivity index (χ1) is 31.9. The van der Waals surface area contributed by atoms with Crippen molar-refractivity contribution in [3.8, 4) is 0 Å². The molecule has 0 aliphatic carbocycles. The average molecular weight is 944 g/mol. The van der Waals surface area contributed by atoms with Gasteiger partial charge in [0.1, 0.15) is 6.10 Å². The molecule has 65 heavy (non-hydrogen) atoms. The molecule has 7 nitrogen and oxygen atoms in total. The molecule has 8 heteroatoms. The van der Waals surface area contributed by atoms with E-state index in [2.05, 4.69) is 18.4 Å². The maximum Gasteiger partial charge on any atom is 0.469 e. The Morgan fingerprint density at radius 1 is 0.354 bits per heavy atom. The van der Waals surface area contributed by atoms with Gasteiger partial charge in [-0.05, 0) is 12.8 Å². The van der Waals surface area contributed by atoms with Crippen LogP contribution in [0.15, 0.2) is 0 Å². The standard InChI is InChI=1S/C57H115O7P/c1-3-5-7-9-11-13-15-17-19-21-23-24-25-26-27-28-29-30-31-32-33-34-35-36-38-40-42-44-46-48-50-52-57(58)64-56(55-63-65(59,60)61)54-62-53-51-49-47-45-43-41-39-37-22-20-18-16-14-12-10-8-6-4-2/h56H,3-55H2,1-2H3,(H2,59,60,61)/t56-/m1/s1. The third kappa shape index (κ3) is 57.8. The van der Waals surface area contributed by atoms with E-state index >= 15 is 0 Å². The summed E-state index contributed by atoms with van der Waals surface area (Å²) in [6.07, 6.45) is 65.9. The van der Waals surface area contributed by atoms with Crippen LogP contribution in [0.1, 0.15) is 335 Å². The fraction of sp³-hybridized carbons (Fsp3) is 0.982. The first kappa shape index (κ1) is 64.5.